The van der Waals surface area contributed by atoms with Crippen molar-refractivity contribution >= 4 is 25.6 Å². The molecule has 0 aliphatic heterocycles. The standard InChI is InChI=1S/C12H14ClF2NO4S/c1-12(2,20-3)6-16-11(17)8-4-7(21(13,18)19)5-9(14)10(8)15/h4-5H,6H2,1-3H3,(H,16,17). The molecular weight excluding hydrogens is 328 g/mol. The van der Waals surface area contributed by atoms with Gasteiger partial charge in [0.15, 0.2) is 11.6 Å². The molecule has 0 spiro atoms. The summed E-state index contributed by atoms with van der Waals surface area (Å²) in [5.41, 5.74) is -1.47. The number of methoxy groups -OCH3 is 1. The monoisotopic (exact) mass is 341 g/mol. The van der Waals surface area contributed by atoms with Gasteiger partial charge in [-0.25, -0.2) is 17.2 Å². The second kappa shape index (κ2) is 6.25. The van der Waals surface area contributed by atoms with E-state index < -0.39 is 42.7 Å². The van der Waals surface area contributed by atoms with E-state index in [4.69, 9.17) is 15.4 Å². The smallest absolute Gasteiger partial charge is 0.261 e. The molecule has 0 bridgehead atoms. The van der Waals surface area contributed by atoms with Gasteiger partial charge in [0.1, 0.15) is 0 Å². The number of hydrogen-bond donors (Lipinski definition) is 1. The van der Waals surface area contributed by atoms with E-state index in [0.717, 1.165) is 0 Å². The number of rotatable bonds is 5. The minimum Gasteiger partial charge on any atom is -0.377 e. The molecule has 21 heavy (non-hydrogen) atoms. The lowest BCUT2D eigenvalue weighted by molar-refractivity contribution is 0.0228. The van der Waals surface area contributed by atoms with E-state index in [9.17, 15) is 22.0 Å². The minimum atomic E-state index is -4.29. The third-order valence-electron chi connectivity index (χ3n) is 2.76. The average Bonchev–Trinajstić information content (AvgIpc) is 2.38. The first-order valence-corrected chi connectivity index (χ1v) is 8.06. The predicted molar refractivity (Wildman–Crippen MR) is 72.8 cm³/mol. The van der Waals surface area contributed by atoms with E-state index in [-0.39, 0.29) is 6.54 Å². The molecule has 1 aromatic carbocycles. The Morgan fingerprint density at radius 2 is 1.95 bits per heavy atom. The maximum absolute atomic E-state index is 13.6. The zero-order valence-corrected chi connectivity index (χ0v) is 13.1. The van der Waals surface area contributed by atoms with E-state index in [1.807, 2.05) is 0 Å². The summed E-state index contributed by atoms with van der Waals surface area (Å²) in [6.07, 6.45) is 0. The molecule has 0 fully saturated rings. The molecule has 0 aromatic heterocycles. The Balaban J connectivity index is 3.13. The van der Waals surface area contributed by atoms with Gasteiger partial charge in [0.2, 0.25) is 0 Å². The van der Waals surface area contributed by atoms with Crippen molar-refractivity contribution in [3.8, 4) is 0 Å². The largest absolute Gasteiger partial charge is 0.377 e. The van der Waals surface area contributed by atoms with Gasteiger partial charge in [0.05, 0.1) is 16.1 Å². The van der Waals surface area contributed by atoms with Crippen LogP contribution < -0.4 is 5.32 Å². The lowest BCUT2D eigenvalue weighted by atomic mass is 10.1. The molecule has 0 saturated carbocycles. The summed E-state index contributed by atoms with van der Waals surface area (Å²) < 4.78 is 54.4. The zero-order valence-electron chi connectivity index (χ0n) is 11.5. The van der Waals surface area contributed by atoms with E-state index in [2.05, 4.69) is 5.32 Å². The molecular formula is C12H14ClF2NO4S. The van der Waals surface area contributed by atoms with Gasteiger partial charge in [0, 0.05) is 24.3 Å². The summed E-state index contributed by atoms with van der Waals surface area (Å²) in [6.45, 7) is 3.36. The average molecular weight is 342 g/mol. The van der Waals surface area contributed by atoms with Crippen molar-refractivity contribution in [3.05, 3.63) is 29.3 Å². The highest BCUT2D eigenvalue weighted by atomic mass is 35.7. The number of hydrogen-bond acceptors (Lipinski definition) is 4. The molecule has 0 saturated heterocycles. The van der Waals surface area contributed by atoms with Crippen molar-refractivity contribution < 1.29 is 26.7 Å². The summed E-state index contributed by atoms with van der Waals surface area (Å²) >= 11 is 0. The van der Waals surface area contributed by atoms with E-state index in [0.29, 0.717) is 12.1 Å². The molecule has 1 aromatic rings. The molecule has 0 unspecified atom stereocenters. The van der Waals surface area contributed by atoms with Crippen molar-refractivity contribution in [2.45, 2.75) is 24.3 Å². The van der Waals surface area contributed by atoms with Gasteiger partial charge >= 0.3 is 0 Å². The Hall–Kier alpha value is -1.25. The molecule has 9 heteroatoms. The first kappa shape index (κ1) is 17.8. The Bertz CT molecular complexity index is 661. The Morgan fingerprint density at radius 1 is 1.38 bits per heavy atom. The molecule has 5 nitrogen and oxygen atoms in total. The molecule has 0 atom stereocenters. The third kappa shape index (κ3) is 4.62. The highest BCUT2D eigenvalue weighted by Crippen LogP contribution is 2.21. The maximum atomic E-state index is 13.6. The molecule has 0 heterocycles. The second-order valence-electron chi connectivity index (χ2n) is 4.85. The molecule has 0 aliphatic carbocycles. The van der Waals surface area contributed by atoms with Crippen LogP contribution in [0.3, 0.4) is 0 Å². The normalized spacial score (nSPS) is 12.3. The first-order chi connectivity index (χ1) is 9.48. The van der Waals surface area contributed by atoms with Gasteiger partial charge in [-0.3, -0.25) is 4.79 Å². The van der Waals surface area contributed by atoms with Crippen molar-refractivity contribution in [1.29, 1.82) is 0 Å². The van der Waals surface area contributed by atoms with Crippen LogP contribution in [-0.4, -0.2) is 33.6 Å². The van der Waals surface area contributed by atoms with Gasteiger partial charge in [0.25, 0.3) is 15.0 Å². The predicted octanol–water partition coefficient (Wildman–Crippen LogP) is 2.05. The maximum Gasteiger partial charge on any atom is 0.261 e. The molecule has 1 rings (SSSR count). The van der Waals surface area contributed by atoms with Crippen molar-refractivity contribution in [2.24, 2.45) is 0 Å². The molecule has 1 N–H and O–H groups in total. The summed E-state index contributed by atoms with van der Waals surface area (Å²) in [6, 6.07) is 1.09. The number of halogens is 3. The fourth-order valence-electron chi connectivity index (χ4n) is 1.33. The number of ether oxygens (including phenoxy) is 1. The van der Waals surface area contributed by atoms with Crippen molar-refractivity contribution in [2.75, 3.05) is 13.7 Å². The van der Waals surface area contributed by atoms with E-state index in [1.165, 1.54) is 7.11 Å². The summed E-state index contributed by atoms with van der Waals surface area (Å²) in [7, 11) is 2.20. The van der Waals surface area contributed by atoms with Gasteiger partial charge in [-0.05, 0) is 26.0 Å². The number of carbonyl (C=O) groups excluding carboxylic acids is 1. The zero-order chi connectivity index (χ0) is 16.4. The molecule has 0 radical (unpaired) electrons. The number of nitrogens with one attached hydrogen (secondary N) is 1. The fraction of sp³-hybridized carbons (Fsp3) is 0.417. The van der Waals surface area contributed by atoms with Crippen LogP contribution in [-0.2, 0) is 13.8 Å². The van der Waals surface area contributed by atoms with Crippen LogP contribution in [0.4, 0.5) is 8.78 Å². The van der Waals surface area contributed by atoms with Crippen LogP contribution in [0, 0.1) is 11.6 Å². The van der Waals surface area contributed by atoms with Gasteiger partial charge < -0.3 is 10.1 Å². The SMILES string of the molecule is COC(C)(C)CNC(=O)c1cc(S(=O)(=O)Cl)cc(F)c1F. The highest BCUT2D eigenvalue weighted by Gasteiger charge is 2.24. The fourth-order valence-corrected chi connectivity index (χ4v) is 2.10. The van der Waals surface area contributed by atoms with Crippen LogP contribution in [0.25, 0.3) is 0 Å². The minimum absolute atomic E-state index is 0.0151. The van der Waals surface area contributed by atoms with Crippen LogP contribution >= 0.6 is 10.7 Å². The Morgan fingerprint density at radius 3 is 2.43 bits per heavy atom. The summed E-state index contributed by atoms with van der Waals surface area (Å²) in [5, 5.41) is 2.33. The van der Waals surface area contributed by atoms with Crippen LogP contribution in [0.1, 0.15) is 24.2 Å². The molecule has 1 amide bonds. The Labute approximate surface area is 125 Å². The lowest BCUT2D eigenvalue weighted by Crippen LogP contribution is -2.40. The third-order valence-corrected chi connectivity index (χ3v) is 4.09. The van der Waals surface area contributed by atoms with Gasteiger partial charge in [-0.1, -0.05) is 0 Å². The summed E-state index contributed by atoms with van der Waals surface area (Å²) in [5.74, 6) is -3.90. The number of benzene rings is 1. The van der Waals surface area contributed by atoms with E-state index in [1.54, 1.807) is 13.8 Å². The molecule has 0 aliphatic rings. The Kier molecular flexibility index (Phi) is 5.30. The van der Waals surface area contributed by atoms with Gasteiger partial charge in [-0.15, -0.1) is 0 Å². The van der Waals surface area contributed by atoms with Gasteiger partial charge in [-0.2, -0.15) is 0 Å². The van der Waals surface area contributed by atoms with Crippen molar-refractivity contribution in [3.63, 3.8) is 0 Å². The van der Waals surface area contributed by atoms with Crippen molar-refractivity contribution in [1.82, 2.24) is 5.32 Å². The number of amides is 1. The summed E-state index contributed by atoms with van der Waals surface area (Å²) in [4.78, 5) is 11.2. The topological polar surface area (TPSA) is 72.5 Å². The van der Waals surface area contributed by atoms with Crippen LogP contribution in [0.15, 0.2) is 17.0 Å². The highest BCUT2D eigenvalue weighted by molar-refractivity contribution is 8.13. The quantitative estimate of drug-likeness (QED) is 0.832. The second-order valence-corrected chi connectivity index (χ2v) is 7.42. The number of carbonyl (C=O) groups is 1. The lowest BCUT2D eigenvalue weighted by Gasteiger charge is -2.23. The molecule has 118 valence electrons. The van der Waals surface area contributed by atoms with Crippen LogP contribution in [0.5, 0.6) is 0 Å². The van der Waals surface area contributed by atoms with E-state index >= 15 is 0 Å². The van der Waals surface area contributed by atoms with Crippen LogP contribution in [0.2, 0.25) is 0 Å². The first-order valence-electron chi connectivity index (χ1n) is 5.75.